The van der Waals surface area contributed by atoms with E-state index in [-0.39, 0.29) is 0 Å². The topological polar surface area (TPSA) is 29.3 Å². The molecule has 1 saturated heterocycles. The molecular formula is C7H16N2. The van der Waals surface area contributed by atoms with Gasteiger partial charge >= 0.3 is 0 Å². The summed E-state index contributed by atoms with van der Waals surface area (Å²) in [4.78, 5) is 0. The first-order chi connectivity index (χ1) is 4.20. The summed E-state index contributed by atoms with van der Waals surface area (Å²) in [5.41, 5.74) is 0. The van der Waals surface area contributed by atoms with Gasteiger partial charge in [-0.25, -0.2) is 5.01 Å². The second-order valence-electron chi connectivity index (χ2n) is 3.24. The first kappa shape index (κ1) is 7.03. The largest absolute Gasteiger partial charge is 0.269 e. The van der Waals surface area contributed by atoms with Crippen LogP contribution in [-0.2, 0) is 0 Å². The lowest BCUT2D eigenvalue weighted by Gasteiger charge is -2.31. The molecule has 54 valence electrons. The highest BCUT2D eigenvalue weighted by atomic mass is 15.4. The van der Waals surface area contributed by atoms with Crippen molar-refractivity contribution in [3.63, 3.8) is 0 Å². The second kappa shape index (κ2) is 2.67. The molecule has 2 heteroatoms. The van der Waals surface area contributed by atoms with Crippen LogP contribution in [0.2, 0.25) is 0 Å². The molecule has 0 aromatic rings. The summed E-state index contributed by atoms with van der Waals surface area (Å²) in [5, 5.41) is 1.92. The number of nitrogens with two attached hydrogens (primary N) is 1. The quantitative estimate of drug-likeness (QED) is 0.490. The number of piperidine rings is 1. The van der Waals surface area contributed by atoms with Crippen LogP contribution in [0.4, 0.5) is 0 Å². The van der Waals surface area contributed by atoms with Crippen molar-refractivity contribution in [1.82, 2.24) is 5.01 Å². The first-order valence-electron chi connectivity index (χ1n) is 3.70. The lowest BCUT2D eigenvalue weighted by atomic mass is 9.90. The fourth-order valence-electron chi connectivity index (χ4n) is 1.30. The highest BCUT2D eigenvalue weighted by Gasteiger charge is 2.19. The van der Waals surface area contributed by atoms with Crippen LogP contribution < -0.4 is 5.84 Å². The van der Waals surface area contributed by atoms with Crippen molar-refractivity contribution in [1.29, 1.82) is 0 Å². The average Bonchev–Trinajstić information content (AvgIpc) is 1.80. The van der Waals surface area contributed by atoms with E-state index < -0.39 is 0 Å². The molecule has 0 bridgehead atoms. The first-order valence-corrected chi connectivity index (χ1v) is 3.70. The predicted octanol–water partition coefficient (Wildman–Crippen LogP) is 0.838. The van der Waals surface area contributed by atoms with Crippen LogP contribution >= 0.6 is 0 Å². The van der Waals surface area contributed by atoms with Gasteiger partial charge in [0.15, 0.2) is 0 Å². The SMILES string of the molecule is C[C@H]1CCN(N)C[C@@H]1C. The highest BCUT2D eigenvalue weighted by Crippen LogP contribution is 2.19. The number of hydrogen-bond donors (Lipinski definition) is 1. The Labute approximate surface area is 57.0 Å². The van der Waals surface area contributed by atoms with Crippen molar-refractivity contribution < 1.29 is 0 Å². The third-order valence-corrected chi connectivity index (χ3v) is 2.37. The van der Waals surface area contributed by atoms with Crippen LogP contribution in [0, 0.1) is 11.8 Å². The summed E-state index contributed by atoms with van der Waals surface area (Å²) in [5.74, 6) is 7.27. The fourth-order valence-corrected chi connectivity index (χ4v) is 1.30. The Kier molecular flexibility index (Phi) is 2.09. The van der Waals surface area contributed by atoms with Crippen LogP contribution in [0.5, 0.6) is 0 Å². The molecule has 0 unspecified atom stereocenters. The zero-order valence-electron chi connectivity index (χ0n) is 6.30. The molecular weight excluding hydrogens is 112 g/mol. The van der Waals surface area contributed by atoms with Gasteiger partial charge in [-0.2, -0.15) is 0 Å². The van der Waals surface area contributed by atoms with Gasteiger partial charge in [-0.1, -0.05) is 13.8 Å². The monoisotopic (exact) mass is 128 g/mol. The molecule has 1 heterocycles. The zero-order valence-corrected chi connectivity index (χ0v) is 6.30. The van der Waals surface area contributed by atoms with E-state index in [1.54, 1.807) is 0 Å². The van der Waals surface area contributed by atoms with Crippen molar-refractivity contribution in [2.75, 3.05) is 13.1 Å². The predicted molar refractivity (Wildman–Crippen MR) is 38.7 cm³/mol. The molecule has 0 aliphatic carbocycles. The summed E-state index contributed by atoms with van der Waals surface area (Å²) < 4.78 is 0. The summed E-state index contributed by atoms with van der Waals surface area (Å²) >= 11 is 0. The van der Waals surface area contributed by atoms with Crippen molar-refractivity contribution in [2.45, 2.75) is 20.3 Å². The van der Waals surface area contributed by atoms with Gasteiger partial charge in [0.2, 0.25) is 0 Å². The Hall–Kier alpha value is -0.0800. The number of hydrogen-bond acceptors (Lipinski definition) is 2. The van der Waals surface area contributed by atoms with E-state index in [9.17, 15) is 0 Å². The highest BCUT2D eigenvalue weighted by molar-refractivity contribution is 4.71. The van der Waals surface area contributed by atoms with Gasteiger partial charge in [0.05, 0.1) is 0 Å². The number of rotatable bonds is 0. The van der Waals surface area contributed by atoms with Crippen LogP contribution in [0.15, 0.2) is 0 Å². The van der Waals surface area contributed by atoms with E-state index in [0.717, 1.165) is 24.9 Å². The molecule has 1 fully saturated rings. The van der Waals surface area contributed by atoms with Gasteiger partial charge < -0.3 is 0 Å². The van der Waals surface area contributed by atoms with Gasteiger partial charge in [-0.05, 0) is 18.3 Å². The smallest absolute Gasteiger partial charge is 0.0156 e. The van der Waals surface area contributed by atoms with E-state index in [1.165, 1.54) is 6.42 Å². The average molecular weight is 128 g/mol. The van der Waals surface area contributed by atoms with Crippen molar-refractivity contribution in [3.8, 4) is 0 Å². The molecule has 1 aliphatic heterocycles. The van der Waals surface area contributed by atoms with Crippen molar-refractivity contribution in [3.05, 3.63) is 0 Å². The molecule has 0 aromatic heterocycles. The number of hydrazine groups is 1. The maximum atomic E-state index is 5.62. The van der Waals surface area contributed by atoms with Crippen molar-refractivity contribution >= 4 is 0 Å². The molecule has 9 heavy (non-hydrogen) atoms. The van der Waals surface area contributed by atoms with E-state index in [0.29, 0.717) is 0 Å². The number of nitrogens with zero attached hydrogens (tertiary/aromatic N) is 1. The minimum Gasteiger partial charge on any atom is -0.269 e. The second-order valence-corrected chi connectivity index (χ2v) is 3.24. The van der Waals surface area contributed by atoms with Gasteiger partial charge in [-0.15, -0.1) is 0 Å². The molecule has 1 rings (SSSR count). The lowest BCUT2D eigenvalue weighted by molar-refractivity contribution is 0.140. The van der Waals surface area contributed by atoms with Gasteiger partial charge in [0.25, 0.3) is 0 Å². The minimum atomic E-state index is 0.781. The molecule has 0 aromatic carbocycles. The minimum absolute atomic E-state index is 0.781. The molecule has 2 nitrogen and oxygen atoms in total. The fraction of sp³-hybridized carbons (Fsp3) is 1.00. The molecule has 1 aliphatic rings. The third kappa shape index (κ3) is 1.66. The Bertz CT molecular complexity index is 92.9. The summed E-state index contributed by atoms with van der Waals surface area (Å²) in [6.07, 6.45) is 1.26. The molecule has 2 N–H and O–H groups in total. The molecule has 0 spiro atoms. The van der Waals surface area contributed by atoms with Crippen LogP contribution in [-0.4, -0.2) is 18.1 Å². The Balaban J connectivity index is 2.35. The van der Waals surface area contributed by atoms with E-state index in [2.05, 4.69) is 13.8 Å². The van der Waals surface area contributed by atoms with Gasteiger partial charge in [-0.3, -0.25) is 5.84 Å². The maximum absolute atomic E-state index is 5.62. The Morgan fingerprint density at radius 2 is 2.00 bits per heavy atom. The van der Waals surface area contributed by atoms with Crippen LogP contribution in [0.25, 0.3) is 0 Å². The molecule has 0 amide bonds. The Morgan fingerprint density at radius 1 is 1.33 bits per heavy atom. The normalized spacial score (nSPS) is 39.0. The Morgan fingerprint density at radius 3 is 2.44 bits per heavy atom. The van der Waals surface area contributed by atoms with E-state index in [4.69, 9.17) is 5.84 Å². The van der Waals surface area contributed by atoms with Gasteiger partial charge in [0, 0.05) is 13.1 Å². The lowest BCUT2D eigenvalue weighted by Crippen LogP contribution is -2.42. The van der Waals surface area contributed by atoms with Crippen LogP contribution in [0.1, 0.15) is 20.3 Å². The molecule has 0 saturated carbocycles. The standard InChI is InChI=1S/C7H16N2/c1-6-3-4-9(8)5-7(6)2/h6-7H,3-5,8H2,1-2H3/t6-,7-/m0/s1. The van der Waals surface area contributed by atoms with E-state index in [1.807, 2.05) is 5.01 Å². The summed E-state index contributed by atoms with van der Waals surface area (Å²) in [6.45, 7) is 6.72. The summed E-state index contributed by atoms with van der Waals surface area (Å²) in [7, 11) is 0. The van der Waals surface area contributed by atoms with Crippen LogP contribution in [0.3, 0.4) is 0 Å². The van der Waals surface area contributed by atoms with Crippen molar-refractivity contribution in [2.24, 2.45) is 17.7 Å². The van der Waals surface area contributed by atoms with Gasteiger partial charge in [0.1, 0.15) is 0 Å². The van der Waals surface area contributed by atoms with E-state index >= 15 is 0 Å². The zero-order chi connectivity index (χ0) is 6.85. The third-order valence-electron chi connectivity index (χ3n) is 2.37. The molecule has 2 atom stereocenters. The maximum Gasteiger partial charge on any atom is 0.0156 e. The summed E-state index contributed by atoms with van der Waals surface area (Å²) in [6, 6.07) is 0. The molecule has 0 radical (unpaired) electrons.